The number of aryl methyl sites for hydroxylation is 1. The zero-order valence-corrected chi connectivity index (χ0v) is 19.1. The summed E-state index contributed by atoms with van der Waals surface area (Å²) in [5.41, 5.74) is 5.83. The molecule has 35 heavy (non-hydrogen) atoms. The van der Waals surface area contributed by atoms with Crippen LogP contribution in [0.25, 0.3) is 5.69 Å². The predicted molar refractivity (Wildman–Crippen MR) is 118 cm³/mol. The standard InChI is InChI=1S/C23H22ClF3N4O4/c1-11-29-21(31(30-11)15-9-13(24)7-8-14(15)23(25,26)27)20-18(32)17(28)19-16(34-20)10-33-22(35-19)12-5-3-2-4-6-12/h2-9,16-20,22,32H,10,28H2,1H3/t16-,17-,18-,19+,20-,22+/m1/s1. The van der Waals surface area contributed by atoms with E-state index < -0.39 is 48.5 Å². The summed E-state index contributed by atoms with van der Waals surface area (Å²) in [6.07, 6.45) is -9.31. The number of ether oxygens (including phenoxy) is 3. The number of aliphatic hydroxyl groups excluding tert-OH is 1. The average molecular weight is 511 g/mol. The number of rotatable bonds is 3. The molecule has 2 aromatic carbocycles. The molecule has 8 nitrogen and oxygen atoms in total. The number of benzene rings is 2. The zero-order valence-electron chi connectivity index (χ0n) is 18.4. The van der Waals surface area contributed by atoms with Crippen molar-refractivity contribution >= 4 is 11.6 Å². The molecule has 0 saturated carbocycles. The lowest BCUT2D eigenvalue weighted by molar-refractivity contribution is -0.309. The van der Waals surface area contributed by atoms with Crippen LogP contribution < -0.4 is 5.73 Å². The maximum absolute atomic E-state index is 13.7. The van der Waals surface area contributed by atoms with Gasteiger partial charge in [0.2, 0.25) is 0 Å². The second-order valence-electron chi connectivity index (χ2n) is 8.43. The number of halogens is 4. The van der Waals surface area contributed by atoms with E-state index in [-0.39, 0.29) is 29.0 Å². The first-order chi connectivity index (χ1) is 16.6. The van der Waals surface area contributed by atoms with Gasteiger partial charge in [0.1, 0.15) is 30.2 Å². The van der Waals surface area contributed by atoms with Crippen molar-refractivity contribution in [3.8, 4) is 5.69 Å². The molecule has 3 N–H and O–H groups in total. The topological polar surface area (TPSA) is 105 Å². The van der Waals surface area contributed by atoms with Crippen molar-refractivity contribution in [2.45, 2.75) is 49.8 Å². The van der Waals surface area contributed by atoms with Gasteiger partial charge in [-0.2, -0.15) is 18.3 Å². The van der Waals surface area contributed by atoms with Crippen molar-refractivity contribution in [1.29, 1.82) is 0 Å². The van der Waals surface area contributed by atoms with Crippen LogP contribution in [0.5, 0.6) is 0 Å². The van der Waals surface area contributed by atoms with E-state index in [9.17, 15) is 18.3 Å². The number of aliphatic hydroxyl groups is 1. The highest BCUT2D eigenvalue weighted by molar-refractivity contribution is 6.30. The molecule has 3 aromatic rings. The van der Waals surface area contributed by atoms with Crippen LogP contribution in [0.4, 0.5) is 13.2 Å². The van der Waals surface area contributed by atoms with E-state index in [4.69, 9.17) is 31.5 Å². The van der Waals surface area contributed by atoms with Crippen molar-refractivity contribution < 1.29 is 32.5 Å². The molecule has 3 heterocycles. The summed E-state index contributed by atoms with van der Waals surface area (Å²) < 4.78 is 60.1. The highest BCUT2D eigenvalue weighted by Gasteiger charge is 2.50. The van der Waals surface area contributed by atoms with E-state index in [1.165, 1.54) is 6.92 Å². The third-order valence-electron chi connectivity index (χ3n) is 6.02. The number of alkyl halides is 3. The Morgan fingerprint density at radius 1 is 1.14 bits per heavy atom. The van der Waals surface area contributed by atoms with Gasteiger partial charge in [-0.25, -0.2) is 9.67 Å². The van der Waals surface area contributed by atoms with Crippen molar-refractivity contribution in [3.63, 3.8) is 0 Å². The van der Waals surface area contributed by atoms with Crippen molar-refractivity contribution in [1.82, 2.24) is 14.8 Å². The molecule has 5 rings (SSSR count). The molecule has 0 amide bonds. The normalized spacial score (nSPS) is 29.1. The quantitative estimate of drug-likeness (QED) is 0.556. The minimum Gasteiger partial charge on any atom is -0.388 e. The molecule has 2 aliphatic rings. The lowest BCUT2D eigenvalue weighted by atomic mass is 9.92. The van der Waals surface area contributed by atoms with Gasteiger partial charge in [-0.15, -0.1) is 0 Å². The number of hydrogen-bond acceptors (Lipinski definition) is 7. The second-order valence-corrected chi connectivity index (χ2v) is 8.86. The van der Waals surface area contributed by atoms with Crippen molar-refractivity contribution in [2.24, 2.45) is 5.73 Å². The van der Waals surface area contributed by atoms with E-state index in [1.807, 2.05) is 30.3 Å². The molecule has 2 saturated heterocycles. The largest absolute Gasteiger partial charge is 0.418 e. The van der Waals surface area contributed by atoms with E-state index in [2.05, 4.69) is 10.1 Å². The van der Waals surface area contributed by atoms with Gasteiger partial charge in [0.05, 0.1) is 23.9 Å². The fourth-order valence-electron chi connectivity index (χ4n) is 4.38. The Hall–Kier alpha value is -2.54. The molecule has 186 valence electrons. The van der Waals surface area contributed by atoms with Crippen LogP contribution in [-0.2, 0) is 20.4 Å². The number of fused-ring (bicyclic) bond motifs is 1. The van der Waals surface area contributed by atoms with Crippen molar-refractivity contribution in [3.05, 3.63) is 76.3 Å². The minimum absolute atomic E-state index is 0.0400. The first-order valence-electron chi connectivity index (χ1n) is 10.9. The zero-order chi connectivity index (χ0) is 24.9. The van der Waals surface area contributed by atoms with Gasteiger partial charge in [0.25, 0.3) is 0 Å². The van der Waals surface area contributed by atoms with Crippen LogP contribution in [0.3, 0.4) is 0 Å². The first-order valence-corrected chi connectivity index (χ1v) is 11.2. The molecule has 0 bridgehead atoms. The first kappa shape index (κ1) is 24.2. The summed E-state index contributed by atoms with van der Waals surface area (Å²) in [6.45, 7) is 1.62. The summed E-state index contributed by atoms with van der Waals surface area (Å²) >= 11 is 6.01. The third kappa shape index (κ3) is 4.55. The summed E-state index contributed by atoms with van der Waals surface area (Å²) in [6, 6.07) is 11.4. The molecule has 6 atom stereocenters. The Morgan fingerprint density at radius 2 is 1.89 bits per heavy atom. The molecule has 0 radical (unpaired) electrons. The van der Waals surface area contributed by atoms with E-state index in [0.717, 1.165) is 28.4 Å². The summed E-state index contributed by atoms with van der Waals surface area (Å²) in [4.78, 5) is 4.27. The SMILES string of the molecule is Cc1nc([C@@H]2O[C@@H]3CO[C@H](c4ccccc4)O[C@@H]3[C@H](N)[C@H]2O)n(-c2cc(Cl)ccc2C(F)(F)F)n1. The van der Waals surface area contributed by atoms with Gasteiger partial charge in [-0.1, -0.05) is 41.9 Å². The Morgan fingerprint density at radius 3 is 2.60 bits per heavy atom. The van der Waals surface area contributed by atoms with E-state index in [0.29, 0.717) is 0 Å². The highest BCUT2D eigenvalue weighted by Crippen LogP contribution is 2.40. The maximum atomic E-state index is 13.7. The van der Waals surface area contributed by atoms with Crippen LogP contribution in [0.15, 0.2) is 48.5 Å². The van der Waals surface area contributed by atoms with Gasteiger partial charge in [-0.3, -0.25) is 0 Å². The number of nitrogens with zero attached hydrogens (tertiary/aromatic N) is 3. The highest BCUT2D eigenvalue weighted by atomic mass is 35.5. The summed E-state index contributed by atoms with van der Waals surface area (Å²) in [5, 5.41) is 15.3. The van der Waals surface area contributed by atoms with Crippen LogP contribution in [-0.4, -0.2) is 50.8 Å². The van der Waals surface area contributed by atoms with Gasteiger partial charge in [-0.05, 0) is 25.1 Å². The molecule has 12 heteroatoms. The summed E-state index contributed by atoms with van der Waals surface area (Å²) in [5.74, 6) is 0.140. The van der Waals surface area contributed by atoms with Gasteiger partial charge >= 0.3 is 6.18 Å². The molecular formula is C23H22ClF3N4O4. The molecule has 0 unspecified atom stereocenters. The molecule has 1 aromatic heterocycles. The van der Waals surface area contributed by atoms with Gasteiger partial charge in [0.15, 0.2) is 12.1 Å². The predicted octanol–water partition coefficient (Wildman–Crippen LogP) is 3.49. The lowest BCUT2D eigenvalue weighted by Crippen LogP contribution is -2.62. The molecule has 0 spiro atoms. The number of aromatic nitrogens is 3. The Balaban J connectivity index is 1.47. The van der Waals surface area contributed by atoms with Gasteiger partial charge in [0, 0.05) is 10.6 Å². The van der Waals surface area contributed by atoms with Gasteiger partial charge < -0.3 is 25.1 Å². The fraction of sp³-hybridized carbons (Fsp3) is 0.391. The molecule has 2 aliphatic heterocycles. The maximum Gasteiger partial charge on any atom is 0.418 e. The lowest BCUT2D eigenvalue weighted by Gasteiger charge is -2.46. The molecular weight excluding hydrogens is 489 g/mol. The van der Waals surface area contributed by atoms with Crippen LogP contribution >= 0.6 is 11.6 Å². The number of nitrogens with two attached hydrogens (primary N) is 1. The fourth-order valence-corrected chi connectivity index (χ4v) is 4.54. The minimum atomic E-state index is -4.68. The Bertz CT molecular complexity index is 1210. The monoisotopic (exact) mass is 510 g/mol. The smallest absolute Gasteiger partial charge is 0.388 e. The Kier molecular flexibility index (Phi) is 6.32. The second kappa shape index (κ2) is 9.16. The van der Waals surface area contributed by atoms with Crippen molar-refractivity contribution in [2.75, 3.05) is 6.61 Å². The Labute approximate surface area is 203 Å². The molecule has 0 aliphatic carbocycles. The molecule has 2 fully saturated rings. The van der Waals surface area contributed by atoms with E-state index >= 15 is 0 Å². The third-order valence-corrected chi connectivity index (χ3v) is 6.26. The summed E-state index contributed by atoms with van der Waals surface area (Å²) in [7, 11) is 0. The van der Waals surface area contributed by atoms with Crippen LogP contribution in [0, 0.1) is 6.92 Å². The van der Waals surface area contributed by atoms with E-state index in [1.54, 1.807) is 0 Å². The number of hydrogen-bond donors (Lipinski definition) is 2. The van der Waals surface area contributed by atoms with Crippen LogP contribution in [0.2, 0.25) is 5.02 Å². The van der Waals surface area contributed by atoms with Crippen LogP contribution in [0.1, 0.15) is 35.2 Å². The average Bonchev–Trinajstić information content (AvgIpc) is 3.22.